The van der Waals surface area contributed by atoms with E-state index in [1.165, 1.54) is 0 Å². The van der Waals surface area contributed by atoms with Gasteiger partial charge in [0.25, 0.3) is 0 Å². The minimum atomic E-state index is -4.79. The molecule has 12 heteroatoms. The molecule has 0 aromatic carbocycles. The Morgan fingerprint density at radius 1 is 0.368 bits per heavy atom. The zero-order chi connectivity index (χ0) is 55.5. The predicted octanol–water partition coefficient (Wildman–Crippen LogP) is 17.1. The molecule has 0 spiro atoms. The lowest BCUT2D eigenvalue weighted by Crippen LogP contribution is -2.30. The summed E-state index contributed by atoms with van der Waals surface area (Å²) in [5.74, 6) is -1.62. The monoisotopic (exact) mass is 1080 g/mol. The number of aliphatic hydroxyl groups excluding tert-OH is 1. The van der Waals surface area contributed by atoms with Crippen LogP contribution in [0.15, 0.2) is 146 Å². The summed E-state index contributed by atoms with van der Waals surface area (Å²) >= 11 is 0. The molecule has 0 bridgehead atoms. The predicted molar refractivity (Wildman–Crippen MR) is 316 cm³/mol. The summed E-state index contributed by atoms with van der Waals surface area (Å²) in [6.45, 7) is 4.15. The molecule has 0 amide bonds. The molecule has 0 saturated carbocycles. The summed E-state index contributed by atoms with van der Waals surface area (Å²) in [5.41, 5.74) is 0. The van der Waals surface area contributed by atoms with Crippen LogP contribution in [0.3, 0.4) is 0 Å². The zero-order valence-electron chi connectivity index (χ0n) is 47.2. The first-order valence-corrected chi connectivity index (χ1v) is 30.2. The van der Waals surface area contributed by atoms with Gasteiger partial charge in [0.15, 0.2) is 6.10 Å². The molecule has 0 aliphatic heterocycles. The second kappa shape index (κ2) is 56.6. The van der Waals surface area contributed by atoms with Gasteiger partial charge in [-0.25, -0.2) is 4.57 Å². The third-order valence-electron chi connectivity index (χ3n) is 11.3. The van der Waals surface area contributed by atoms with Crippen molar-refractivity contribution in [1.82, 2.24) is 0 Å². The number of allylic oxidation sites excluding steroid dienone is 24. The molecule has 0 aromatic heterocycles. The maximum atomic E-state index is 12.9. The Balaban J connectivity index is 4.88. The highest BCUT2D eigenvalue weighted by atomic mass is 31.2. The number of phosphoric acid groups is 1. The van der Waals surface area contributed by atoms with E-state index in [0.717, 1.165) is 141 Å². The first-order valence-electron chi connectivity index (χ1n) is 28.7. The van der Waals surface area contributed by atoms with E-state index >= 15 is 0 Å². The molecule has 0 aromatic rings. The Bertz CT molecular complexity index is 1830. The summed E-state index contributed by atoms with van der Waals surface area (Å²) in [7, 11) is -4.79. The third kappa shape index (κ3) is 54.2. The minimum Gasteiger partial charge on any atom is -0.462 e. The Morgan fingerprint density at radius 2 is 0.671 bits per heavy atom. The van der Waals surface area contributed by atoms with Crippen molar-refractivity contribution in [3.63, 3.8) is 0 Å². The maximum absolute atomic E-state index is 12.9. The molecule has 3 atom stereocenters. The molecule has 0 heterocycles. The first-order chi connectivity index (χ1) is 37.2. The number of hydrogen-bond donors (Lipinski definition) is 2. The molecule has 0 saturated heterocycles. The van der Waals surface area contributed by atoms with E-state index in [9.17, 15) is 28.9 Å². The van der Waals surface area contributed by atoms with Gasteiger partial charge >= 0.3 is 25.7 Å². The molecule has 0 fully saturated rings. The van der Waals surface area contributed by atoms with E-state index in [1.54, 1.807) is 0 Å². The van der Waals surface area contributed by atoms with Crippen LogP contribution in [0.4, 0.5) is 0 Å². The Morgan fingerprint density at radius 3 is 1.07 bits per heavy atom. The molecule has 0 rings (SSSR count). The molecule has 76 heavy (non-hydrogen) atoms. The van der Waals surface area contributed by atoms with Crippen molar-refractivity contribution >= 4 is 25.7 Å². The third-order valence-corrected chi connectivity index (χ3v) is 12.2. The first kappa shape index (κ1) is 71.4. The fraction of sp³-hybridized carbons (Fsp3) is 0.578. The van der Waals surface area contributed by atoms with Crippen LogP contribution in [0, 0.1) is 0 Å². The van der Waals surface area contributed by atoms with Crippen LogP contribution < -0.4 is 0 Å². The molecule has 428 valence electrons. The number of ether oxygens (including phenoxy) is 3. The number of carbonyl (C=O) groups excluding carboxylic acids is 3. The van der Waals surface area contributed by atoms with Gasteiger partial charge in [0.05, 0.1) is 19.8 Å². The molecule has 0 aliphatic carbocycles. The molecule has 2 N–H and O–H groups in total. The van der Waals surface area contributed by atoms with E-state index in [-0.39, 0.29) is 25.9 Å². The highest BCUT2D eigenvalue weighted by molar-refractivity contribution is 7.47. The highest BCUT2D eigenvalue weighted by Crippen LogP contribution is 2.43. The average molecular weight is 1080 g/mol. The van der Waals surface area contributed by atoms with E-state index in [4.69, 9.17) is 23.3 Å². The van der Waals surface area contributed by atoms with Crippen molar-refractivity contribution in [2.45, 2.75) is 213 Å². The fourth-order valence-corrected chi connectivity index (χ4v) is 7.78. The minimum absolute atomic E-state index is 0.0452. The fourth-order valence-electron chi connectivity index (χ4n) is 7.00. The Labute approximate surface area is 461 Å². The normalized spacial score (nSPS) is 14.4. The number of aliphatic hydroxyl groups is 1. The summed E-state index contributed by atoms with van der Waals surface area (Å²) in [5, 5.41) is 9.79. The lowest BCUT2D eigenvalue weighted by atomic mass is 10.1. The summed E-state index contributed by atoms with van der Waals surface area (Å²) in [6, 6.07) is 0. The standard InChI is InChI=1S/C64H101O11P/c1-4-7-10-13-16-19-22-25-27-29-30-32-33-36-38-41-44-47-50-53-62(66)71-57-61(75-64(68)55-52-49-46-43-40-37-34-31-28-26-23-20-17-14-11-8-5-2)59-73-76(69,70)72-58-60(56-65)74-63(67)54-51-48-45-42-39-35-24-21-18-15-12-9-6-3/h7-12,16-21,25-28,30,32,34-35,37,39,45,48,60-61,65H,4-6,13-15,22-24,29,31,33,36,38,40-44,46-47,49-59H2,1-3H3,(H,69,70)/b10-7-,11-8-,12-9-,19-16-,20-17-,21-18-,27-25-,28-26-,32-30-,37-34-,39-35-,48-45-. The molecular weight excluding hydrogens is 976 g/mol. The number of rotatable bonds is 51. The van der Waals surface area contributed by atoms with Gasteiger partial charge in [-0.1, -0.05) is 205 Å². The average Bonchev–Trinajstić information content (AvgIpc) is 3.41. The zero-order valence-corrected chi connectivity index (χ0v) is 48.0. The van der Waals surface area contributed by atoms with Gasteiger partial charge in [-0.2, -0.15) is 0 Å². The SMILES string of the molecule is CC/C=C\C/C=C\C/C=C\C/C=C\CCCCCCCCC(=O)OCC(COP(=O)(O)OCC(CO)OC(=O)CC/C=C\C/C=C\C/C=C\C/C=C\CC)OC(=O)CCCCCC/C=C\C/C=C\C/C=C\C/C=C\CC. The lowest BCUT2D eigenvalue weighted by molar-refractivity contribution is -0.161. The number of carbonyl (C=O) groups is 3. The smallest absolute Gasteiger partial charge is 0.462 e. The van der Waals surface area contributed by atoms with Gasteiger partial charge in [-0.05, 0) is 122 Å². The van der Waals surface area contributed by atoms with Crippen molar-refractivity contribution < 1.29 is 52.2 Å². The van der Waals surface area contributed by atoms with Crippen molar-refractivity contribution in [2.75, 3.05) is 26.4 Å². The van der Waals surface area contributed by atoms with Crippen LogP contribution in [-0.4, -0.2) is 66.5 Å². The number of unbranched alkanes of at least 4 members (excludes halogenated alkanes) is 10. The van der Waals surface area contributed by atoms with Gasteiger partial charge in [-0.3, -0.25) is 23.4 Å². The summed E-state index contributed by atoms with van der Waals surface area (Å²) < 4.78 is 39.4. The van der Waals surface area contributed by atoms with Gasteiger partial charge in [-0.15, -0.1) is 0 Å². The van der Waals surface area contributed by atoms with Gasteiger partial charge < -0.3 is 24.2 Å². The largest absolute Gasteiger partial charge is 0.472 e. The van der Waals surface area contributed by atoms with Crippen LogP contribution in [0.2, 0.25) is 0 Å². The van der Waals surface area contributed by atoms with Gasteiger partial charge in [0.1, 0.15) is 12.7 Å². The molecule has 3 unspecified atom stereocenters. The number of phosphoric ester groups is 1. The highest BCUT2D eigenvalue weighted by Gasteiger charge is 2.28. The Kier molecular flexibility index (Phi) is 53.1. The molecule has 0 aliphatic rings. The topological polar surface area (TPSA) is 155 Å². The summed E-state index contributed by atoms with van der Waals surface area (Å²) in [6.07, 6.45) is 72.5. The van der Waals surface area contributed by atoms with Crippen molar-refractivity contribution in [1.29, 1.82) is 0 Å². The van der Waals surface area contributed by atoms with Crippen molar-refractivity contribution in [3.05, 3.63) is 146 Å². The van der Waals surface area contributed by atoms with Crippen LogP contribution >= 0.6 is 7.82 Å². The molecular formula is C64H101O11P. The van der Waals surface area contributed by atoms with E-state index in [1.807, 2.05) is 18.2 Å². The van der Waals surface area contributed by atoms with Gasteiger partial charge in [0, 0.05) is 19.3 Å². The second-order valence-corrected chi connectivity index (χ2v) is 19.8. The molecule has 11 nitrogen and oxygen atoms in total. The Hall–Kier alpha value is -4.64. The lowest BCUT2D eigenvalue weighted by Gasteiger charge is -2.21. The van der Waals surface area contributed by atoms with E-state index in [2.05, 4.69) is 148 Å². The van der Waals surface area contributed by atoms with E-state index < -0.39 is 57.8 Å². The second-order valence-electron chi connectivity index (χ2n) is 18.3. The maximum Gasteiger partial charge on any atom is 0.472 e. The van der Waals surface area contributed by atoms with Crippen molar-refractivity contribution in [3.8, 4) is 0 Å². The van der Waals surface area contributed by atoms with Crippen LogP contribution in [0.5, 0.6) is 0 Å². The quantitative estimate of drug-likeness (QED) is 0.0197. The van der Waals surface area contributed by atoms with Crippen LogP contribution in [-0.2, 0) is 42.2 Å². The number of esters is 3. The van der Waals surface area contributed by atoms with Crippen LogP contribution in [0.25, 0.3) is 0 Å². The van der Waals surface area contributed by atoms with Gasteiger partial charge in [0.2, 0.25) is 0 Å². The number of hydrogen-bond acceptors (Lipinski definition) is 10. The van der Waals surface area contributed by atoms with E-state index in [0.29, 0.717) is 19.3 Å². The summed E-state index contributed by atoms with van der Waals surface area (Å²) in [4.78, 5) is 48.5. The van der Waals surface area contributed by atoms with Crippen molar-refractivity contribution in [2.24, 2.45) is 0 Å². The molecule has 0 radical (unpaired) electrons. The van der Waals surface area contributed by atoms with Crippen LogP contribution in [0.1, 0.15) is 201 Å².